The van der Waals surface area contributed by atoms with E-state index in [9.17, 15) is 19.6 Å². The number of nitrogens with zero attached hydrogens (tertiary/aromatic N) is 3. The highest BCUT2D eigenvalue weighted by Crippen LogP contribution is 2.27. The largest absolute Gasteiger partial charge is 0.504 e. The van der Waals surface area contributed by atoms with Crippen molar-refractivity contribution in [3.8, 4) is 17.6 Å². The van der Waals surface area contributed by atoms with Gasteiger partial charge in [0.2, 0.25) is 0 Å². The first-order chi connectivity index (χ1) is 13.5. The van der Waals surface area contributed by atoms with Crippen LogP contribution in [0.2, 0.25) is 0 Å². The van der Waals surface area contributed by atoms with Gasteiger partial charge in [0, 0.05) is 26.2 Å². The molecule has 1 aliphatic rings. The molecule has 28 heavy (non-hydrogen) atoms. The molecular weight excluding hydrogens is 361 g/mol. The molecule has 0 saturated carbocycles. The predicted molar refractivity (Wildman–Crippen MR) is 103 cm³/mol. The molecule has 0 atom stereocenters. The van der Waals surface area contributed by atoms with Crippen molar-refractivity contribution >= 4 is 17.7 Å². The molecule has 1 fully saturated rings. The van der Waals surface area contributed by atoms with Gasteiger partial charge in [0.15, 0.2) is 11.5 Å². The van der Waals surface area contributed by atoms with Crippen LogP contribution < -0.4 is 9.64 Å². The number of halogens is 1. The fourth-order valence-electron chi connectivity index (χ4n) is 3.12. The van der Waals surface area contributed by atoms with Crippen LogP contribution in [0.1, 0.15) is 5.56 Å². The zero-order valence-electron chi connectivity index (χ0n) is 15.4. The molecule has 1 N–H and O–H groups in total. The normalized spacial score (nSPS) is 14.5. The Labute approximate surface area is 162 Å². The van der Waals surface area contributed by atoms with E-state index in [2.05, 4.69) is 0 Å². The van der Waals surface area contributed by atoms with E-state index in [1.165, 1.54) is 25.3 Å². The predicted octanol–water partition coefficient (Wildman–Crippen LogP) is 2.80. The van der Waals surface area contributed by atoms with Crippen molar-refractivity contribution in [2.45, 2.75) is 0 Å². The second-order valence-electron chi connectivity index (χ2n) is 6.33. The van der Waals surface area contributed by atoms with Crippen LogP contribution in [0, 0.1) is 17.1 Å². The summed E-state index contributed by atoms with van der Waals surface area (Å²) in [6.07, 6.45) is 1.47. The van der Waals surface area contributed by atoms with E-state index in [1.807, 2.05) is 11.0 Å². The van der Waals surface area contributed by atoms with Gasteiger partial charge in [0.25, 0.3) is 5.91 Å². The van der Waals surface area contributed by atoms with Crippen LogP contribution in [0.5, 0.6) is 11.5 Å². The van der Waals surface area contributed by atoms with Gasteiger partial charge in [-0.15, -0.1) is 0 Å². The molecule has 6 nitrogen and oxygen atoms in total. The summed E-state index contributed by atoms with van der Waals surface area (Å²) in [4.78, 5) is 16.2. The van der Waals surface area contributed by atoms with Crippen molar-refractivity contribution in [2.75, 3.05) is 38.2 Å². The van der Waals surface area contributed by atoms with Gasteiger partial charge in [-0.3, -0.25) is 4.79 Å². The first kappa shape index (κ1) is 19.2. The van der Waals surface area contributed by atoms with E-state index in [0.717, 1.165) is 0 Å². The second-order valence-corrected chi connectivity index (χ2v) is 6.33. The molecule has 1 aliphatic heterocycles. The van der Waals surface area contributed by atoms with Crippen LogP contribution >= 0.6 is 0 Å². The minimum Gasteiger partial charge on any atom is -0.504 e. The third-order valence-electron chi connectivity index (χ3n) is 4.63. The Morgan fingerprint density at radius 2 is 1.93 bits per heavy atom. The summed E-state index contributed by atoms with van der Waals surface area (Å²) < 4.78 is 19.0. The van der Waals surface area contributed by atoms with Crippen LogP contribution in [0.15, 0.2) is 48.0 Å². The fraction of sp³-hybridized carbons (Fsp3) is 0.238. The number of phenols is 1. The van der Waals surface area contributed by atoms with Gasteiger partial charge in [-0.25, -0.2) is 4.39 Å². The Morgan fingerprint density at radius 3 is 2.57 bits per heavy atom. The standard InChI is InChI=1S/C21H20FN3O3/c1-28-20-13-15(6-7-19(20)26)12-16(14-23)21(27)25-10-8-24(9-11-25)18-5-3-2-4-17(18)22/h2-7,12-13,26H,8-11H2,1H3/b16-12+. The molecule has 0 aromatic heterocycles. The van der Waals surface area contributed by atoms with Crippen molar-refractivity contribution in [3.05, 3.63) is 59.4 Å². The van der Waals surface area contributed by atoms with Crippen molar-refractivity contribution in [1.82, 2.24) is 4.90 Å². The topological polar surface area (TPSA) is 76.8 Å². The number of rotatable bonds is 4. The quantitative estimate of drug-likeness (QED) is 0.651. The zero-order valence-corrected chi connectivity index (χ0v) is 15.4. The van der Waals surface area contributed by atoms with Crippen molar-refractivity contribution in [1.29, 1.82) is 5.26 Å². The molecule has 0 bridgehead atoms. The summed E-state index contributed by atoms with van der Waals surface area (Å²) in [5.74, 6) is -0.422. The summed E-state index contributed by atoms with van der Waals surface area (Å²) in [6, 6.07) is 13.1. The van der Waals surface area contributed by atoms with E-state index in [0.29, 0.717) is 37.4 Å². The number of methoxy groups -OCH3 is 1. The molecule has 0 unspecified atom stereocenters. The number of phenolic OH excluding ortho intramolecular Hbond substituents is 1. The van der Waals surface area contributed by atoms with Gasteiger partial charge >= 0.3 is 0 Å². The van der Waals surface area contributed by atoms with E-state index >= 15 is 0 Å². The maximum Gasteiger partial charge on any atom is 0.264 e. The van der Waals surface area contributed by atoms with Crippen LogP contribution in [-0.4, -0.2) is 49.2 Å². The van der Waals surface area contributed by atoms with E-state index in [-0.39, 0.29) is 28.8 Å². The highest BCUT2D eigenvalue weighted by Gasteiger charge is 2.25. The second kappa shape index (κ2) is 8.44. The van der Waals surface area contributed by atoms with Gasteiger partial charge in [0.05, 0.1) is 12.8 Å². The van der Waals surface area contributed by atoms with Crippen molar-refractivity contribution in [2.24, 2.45) is 0 Å². The SMILES string of the molecule is COc1cc(/C=C(\C#N)C(=O)N2CCN(c3ccccc3F)CC2)ccc1O. The van der Waals surface area contributed by atoms with Crippen molar-refractivity contribution < 1.29 is 19.0 Å². The summed E-state index contributed by atoms with van der Waals surface area (Å²) in [5, 5.41) is 19.1. The van der Waals surface area contributed by atoms with E-state index < -0.39 is 0 Å². The fourth-order valence-corrected chi connectivity index (χ4v) is 3.12. The van der Waals surface area contributed by atoms with Crippen molar-refractivity contribution in [3.63, 3.8) is 0 Å². The molecule has 2 aromatic carbocycles. The summed E-state index contributed by atoms with van der Waals surface area (Å²) in [5.41, 5.74) is 1.08. The number of aromatic hydroxyl groups is 1. The third kappa shape index (κ3) is 4.07. The van der Waals surface area contributed by atoms with Crippen LogP contribution in [0.4, 0.5) is 10.1 Å². The molecule has 144 valence electrons. The lowest BCUT2D eigenvalue weighted by Gasteiger charge is -2.36. The summed E-state index contributed by atoms with van der Waals surface area (Å²) >= 11 is 0. The summed E-state index contributed by atoms with van der Waals surface area (Å²) in [7, 11) is 1.42. The van der Waals surface area contributed by atoms with E-state index in [1.54, 1.807) is 35.2 Å². The van der Waals surface area contributed by atoms with Gasteiger partial charge in [0.1, 0.15) is 17.5 Å². The van der Waals surface area contributed by atoms with Crippen LogP contribution in [0.25, 0.3) is 6.08 Å². The Kier molecular flexibility index (Phi) is 5.80. The molecule has 0 radical (unpaired) electrons. The third-order valence-corrected chi connectivity index (χ3v) is 4.63. The number of para-hydroxylation sites is 1. The van der Waals surface area contributed by atoms with Gasteiger partial charge < -0.3 is 19.6 Å². The lowest BCUT2D eigenvalue weighted by molar-refractivity contribution is -0.126. The maximum absolute atomic E-state index is 13.9. The number of benzene rings is 2. The number of piperazine rings is 1. The average molecular weight is 381 g/mol. The van der Waals surface area contributed by atoms with Gasteiger partial charge in [-0.05, 0) is 35.9 Å². The smallest absolute Gasteiger partial charge is 0.264 e. The van der Waals surface area contributed by atoms with Crippen LogP contribution in [0.3, 0.4) is 0 Å². The monoisotopic (exact) mass is 381 g/mol. The molecule has 7 heteroatoms. The number of anilines is 1. The Hall–Kier alpha value is -3.53. The Morgan fingerprint density at radius 1 is 1.21 bits per heavy atom. The molecule has 1 amide bonds. The number of carbonyl (C=O) groups excluding carboxylic acids is 1. The minimum absolute atomic E-state index is 0.00733. The Bertz CT molecular complexity index is 944. The number of amides is 1. The molecule has 1 saturated heterocycles. The Balaban J connectivity index is 1.71. The number of hydrogen-bond donors (Lipinski definition) is 1. The molecular formula is C21H20FN3O3. The average Bonchev–Trinajstić information content (AvgIpc) is 2.73. The maximum atomic E-state index is 13.9. The highest BCUT2D eigenvalue weighted by atomic mass is 19.1. The van der Waals surface area contributed by atoms with Gasteiger partial charge in [-0.1, -0.05) is 18.2 Å². The number of hydrogen-bond acceptors (Lipinski definition) is 5. The lowest BCUT2D eigenvalue weighted by Crippen LogP contribution is -2.49. The molecule has 0 spiro atoms. The molecule has 3 rings (SSSR count). The molecule has 0 aliphatic carbocycles. The first-order valence-corrected chi connectivity index (χ1v) is 8.81. The zero-order chi connectivity index (χ0) is 20.1. The van der Waals surface area contributed by atoms with E-state index in [4.69, 9.17) is 4.74 Å². The number of nitriles is 1. The molecule has 2 aromatic rings. The summed E-state index contributed by atoms with van der Waals surface area (Å²) in [6.45, 7) is 1.76. The van der Waals surface area contributed by atoms with Gasteiger partial charge in [-0.2, -0.15) is 5.26 Å². The first-order valence-electron chi connectivity index (χ1n) is 8.81. The number of ether oxygens (including phenoxy) is 1. The highest BCUT2D eigenvalue weighted by molar-refractivity contribution is 6.01. The minimum atomic E-state index is -0.372. The van der Waals surface area contributed by atoms with Crippen LogP contribution in [-0.2, 0) is 4.79 Å². The number of carbonyl (C=O) groups is 1. The lowest BCUT2D eigenvalue weighted by atomic mass is 10.1. The molecule has 1 heterocycles.